The smallest absolute Gasteiger partial charge is 0.273 e. The molecule has 0 aliphatic carbocycles. The SMILES string of the molecule is COCCC(NC(=O)c1ccc(-n2ccncc2=O)cc1)C(N)=O. The van der Waals surface area contributed by atoms with Crippen LogP contribution in [0.1, 0.15) is 16.8 Å². The second kappa shape index (κ2) is 8.02. The topological polar surface area (TPSA) is 116 Å². The third-order valence-corrected chi connectivity index (χ3v) is 3.39. The predicted molar refractivity (Wildman–Crippen MR) is 86.8 cm³/mol. The van der Waals surface area contributed by atoms with Crippen molar-refractivity contribution in [3.05, 3.63) is 58.8 Å². The molecule has 2 aromatic rings. The van der Waals surface area contributed by atoms with Crippen molar-refractivity contribution in [2.75, 3.05) is 13.7 Å². The van der Waals surface area contributed by atoms with Gasteiger partial charge in [-0.2, -0.15) is 0 Å². The average Bonchev–Trinajstić information content (AvgIpc) is 2.58. The van der Waals surface area contributed by atoms with Gasteiger partial charge in [0.2, 0.25) is 5.91 Å². The first kappa shape index (κ1) is 17.4. The number of hydrogen-bond donors (Lipinski definition) is 2. The van der Waals surface area contributed by atoms with E-state index in [1.54, 1.807) is 24.3 Å². The first-order valence-electron chi connectivity index (χ1n) is 7.25. The fraction of sp³-hybridized carbons (Fsp3) is 0.250. The standard InChI is InChI=1S/C16H18N4O4/c1-24-9-6-13(15(17)22)19-16(23)11-2-4-12(5-3-11)20-8-7-18-10-14(20)21/h2-5,7-8,10,13H,6,9H2,1H3,(H2,17,22)(H,19,23). The largest absolute Gasteiger partial charge is 0.385 e. The molecule has 1 heterocycles. The van der Waals surface area contributed by atoms with Crippen LogP contribution in [0, 0.1) is 0 Å². The van der Waals surface area contributed by atoms with Crippen molar-refractivity contribution in [3.63, 3.8) is 0 Å². The maximum Gasteiger partial charge on any atom is 0.273 e. The van der Waals surface area contributed by atoms with E-state index >= 15 is 0 Å². The molecule has 8 heteroatoms. The van der Waals surface area contributed by atoms with Crippen LogP contribution in [0.2, 0.25) is 0 Å². The van der Waals surface area contributed by atoms with Crippen molar-refractivity contribution in [1.29, 1.82) is 0 Å². The molecule has 3 N–H and O–H groups in total. The number of ether oxygens (including phenoxy) is 1. The number of nitrogens with one attached hydrogen (secondary N) is 1. The number of carbonyl (C=O) groups is 2. The molecule has 0 spiro atoms. The number of amides is 2. The van der Waals surface area contributed by atoms with E-state index in [4.69, 9.17) is 10.5 Å². The summed E-state index contributed by atoms with van der Waals surface area (Å²) in [6.45, 7) is 0.303. The van der Waals surface area contributed by atoms with Crippen LogP contribution in [0.15, 0.2) is 47.7 Å². The number of nitrogens with zero attached hydrogens (tertiary/aromatic N) is 2. The van der Waals surface area contributed by atoms with E-state index < -0.39 is 17.9 Å². The fourth-order valence-corrected chi connectivity index (χ4v) is 2.10. The number of methoxy groups -OCH3 is 1. The van der Waals surface area contributed by atoms with Crippen molar-refractivity contribution in [3.8, 4) is 5.69 Å². The van der Waals surface area contributed by atoms with Crippen molar-refractivity contribution in [2.45, 2.75) is 12.5 Å². The second-order valence-corrected chi connectivity index (χ2v) is 5.04. The van der Waals surface area contributed by atoms with Gasteiger partial charge < -0.3 is 15.8 Å². The first-order chi connectivity index (χ1) is 11.5. The van der Waals surface area contributed by atoms with Gasteiger partial charge in [-0.15, -0.1) is 0 Å². The number of rotatable bonds is 7. The van der Waals surface area contributed by atoms with Crippen LogP contribution in [0.25, 0.3) is 5.69 Å². The lowest BCUT2D eigenvalue weighted by Gasteiger charge is -2.15. The summed E-state index contributed by atoms with van der Waals surface area (Å²) in [4.78, 5) is 39.0. The Hall–Kier alpha value is -3.00. The predicted octanol–water partition coefficient (Wildman–Crippen LogP) is -0.147. The quantitative estimate of drug-likeness (QED) is 0.732. The summed E-state index contributed by atoms with van der Waals surface area (Å²) >= 11 is 0. The number of aromatic nitrogens is 2. The summed E-state index contributed by atoms with van der Waals surface area (Å²) in [6, 6.07) is 5.58. The van der Waals surface area contributed by atoms with E-state index in [-0.39, 0.29) is 5.56 Å². The molecular formula is C16H18N4O4. The van der Waals surface area contributed by atoms with E-state index in [2.05, 4.69) is 10.3 Å². The molecule has 0 radical (unpaired) electrons. The van der Waals surface area contributed by atoms with Gasteiger partial charge in [0.05, 0.1) is 6.20 Å². The molecule has 0 aliphatic heterocycles. The van der Waals surface area contributed by atoms with Crippen LogP contribution in [0.5, 0.6) is 0 Å². The molecule has 2 rings (SSSR count). The Morgan fingerprint density at radius 1 is 1.33 bits per heavy atom. The molecular weight excluding hydrogens is 312 g/mol. The van der Waals surface area contributed by atoms with Gasteiger partial charge in [0.15, 0.2) is 0 Å². The summed E-state index contributed by atoms with van der Waals surface area (Å²) < 4.78 is 6.29. The van der Waals surface area contributed by atoms with Crippen molar-refractivity contribution >= 4 is 11.8 Å². The fourth-order valence-electron chi connectivity index (χ4n) is 2.10. The minimum absolute atomic E-state index is 0.275. The Bertz CT molecular complexity index is 770. The minimum Gasteiger partial charge on any atom is -0.385 e. The summed E-state index contributed by atoms with van der Waals surface area (Å²) in [5, 5.41) is 2.57. The first-order valence-corrected chi connectivity index (χ1v) is 7.25. The Labute approximate surface area is 138 Å². The summed E-state index contributed by atoms with van der Waals surface area (Å²) in [5.41, 5.74) is 5.95. The van der Waals surface area contributed by atoms with Crippen LogP contribution in [0.4, 0.5) is 0 Å². The third kappa shape index (κ3) is 4.26. The lowest BCUT2D eigenvalue weighted by molar-refractivity contribution is -0.120. The maximum absolute atomic E-state index is 12.2. The van der Waals surface area contributed by atoms with Gasteiger partial charge in [0.25, 0.3) is 11.5 Å². The molecule has 126 valence electrons. The van der Waals surface area contributed by atoms with Gasteiger partial charge in [-0.1, -0.05) is 0 Å². The zero-order chi connectivity index (χ0) is 17.5. The molecule has 0 saturated carbocycles. The summed E-state index contributed by atoms with van der Waals surface area (Å²) in [6.07, 6.45) is 4.52. The van der Waals surface area contributed by atoms with E-state index in [1.165, 1.54) is 30.3 Å². The van der Waals surface area contributed by atoms with Gasteiger partial charge in [-0.3, -0.25) is 23.9 Å². The van der Waals surface area contributed by atoms with Crippen LogP contribution in [0.3, 0.4) is 0 Å². The number of primary amides is 1. The Balaban J connectivity index is 2.12. The highest BCUT2D eigenvalue weighted by molar-refractivity contribution is 5.97. The molecule has 1 unspecified atom stereocenters. The van der Waals surface area contributed by atoms with E-state index in [1.807, 2.05) is 0 Å². The van der Waals surface area contributed by atoms with Crippen LogP contribution >= 0.6 is 0 Å². The Kier molecular flexibility index (Phi) is 5.80. The Morgan fingerprint density at radius 3 is 2.62 bits per heavy atom. The molecule has 1 atom stereocenters. The highest BCUT2D eigenvalue weighted by Crippen LogP contribution is 2.08. The van der Waals surface area contributed by atoms with Crippen LogP contribution in [-0.4, -0.2) is 41.1 Å². The zero-order valence-corrected chi connectivity index (χ0v) is 13.1. The lowest BCUT2D eigenvalue weighted by atomic mass is 10.1. The Morgan fingerprint density at radius 2 is 2.04 bits per heavy atom. The molecule has 2 amide bonds. The highest BCUT2D eigenvalue weighted by Gasteiger charge is 2.18. The number of hydrogen-bond acceptors (Lipinski definition) is 5. The van der Waals surface area contributed by atoms with E-state index in [0.717, 1.165) is 0 Å². The maximum atomic E-state index is 12.2. The second-order valence-electron chi connectivity index (χ2n) is 5.04. The van der Waals surface area contributed by atoms with Crippen molar-refractivity contribution < 1.29 is 14.3 Å². The molecule has 0 aliphatic rings. The molecule has 1 aromatic carbocycles. The number of nitrogens with two attached hydrogens (primary N) is 1. The number of carbonyl (C=O) groups excluding carboxylic acids is 2. The molecule has 8 nitrogen and oxygen atoms in total. The van der Waals surface area contributed by atoms with E-state index in [9.17, 15) is 14.4 Å². The molecule has 0 bridgehead atoms. The van der Waals surface area contributed by atoms with Crippen molar-refractivity contribution in [2.24, 2.45) is 5.73 Å². The van der Waals surface area contributed by atoms with Gasteiger partial charge in [0.1, 0.15) is 6.04 Å². The van der Waals surface area contributed by atoms with E-state index in [0.29, 0.717) is 24.3 Å². The number of benzene rings is 1. The molecule has 0 saturated heterocycles. The zero-order valence-electron chi connectivity index (χ0n) is 13.1. The van der Waals surface area contributed by atoms with Crippen LogP contribution in [-0.2, 0) is 9.53 Å². The third-order valence-electron chi connectivity index (χ3n) is 3.39. The summed E-state index contributed by atoms with van der Waals surface area (Å²) in [7, 11) is 1.50. The van der Waals surface area contributed by atoms with Gasteiger partial charge in [-0.25, -0.2) is 0 Å². The van der Waals surface area contributed by atoms with Crippen LogP contribution < -0.4 is 16.6 Å². The lowest BCUT2D eigenvalue weighted by Crippen LogP contribution is -2.45. The van der Waals surface area contributed by atoms with Gasteiger partial charge in [0, 0.05) is 37.4 Å². The molecule has 0 fully saturated rings. The molecule has 24 heavy (non-hydrogen) atoms. The summed E-state index contributed by atoms with van der Waals surface area (Å²) in [5.74, 6) is -1.05. The average molecular weight is 330 g/mol. The molecule has 1 aromatic heterocycles. The highest BCUT2D eigenvalue weighted by atomic mass is 16.5. The van der Waals surface area contributed by atoms with Crippen molar-refractivity contribution in [1.82, 2.24) is 14.9 Å². The monoisotopic (exact) mass is 330 g/mol. The minimum atomic E-state index is -0.806. The van der Waals surface area contributed by atoms with Gasteiger partial charge in [-0.05, 0) is 30.7 Å². The van der Waals surface area contributed by atoms with Gasteiger partial charge >= 0.3 is 0 Å². The normalized spacial score (nSPS) is 11.7.